The molecule has 8 nitrogen and oxygen atoms in total. The molecule has 2 aromatic carbocycles. The molecule has 2 fully saturated rings. The summed E-state index contributed by atoms with van der Waals surface area (Å²) >= 11 is 1.51. The fourth-order valence-corrected chi connectivity index (χ4v) is 8.18. The van der Waals surface area contributed by atoms with E-state index in [0.717, 1.165) is 66.2 Å². The summed E-state index contributed by atoms with van der Waals surface area (Å²) in [5.41, 5.74) is 4.12. The highest BCUT2D eigenvalue weighted by Gasteiger charge is 2.42. The number of aromatic nitrogens is 1. The summed E-state index contributed by atoms with van der Waals surface area (Å²) in [7, 11) is -3.79. The molecule has 0 aliphatic carbocycles. The van der Waals surface area contributed by atoms with Gasteiger partial charge in [0.25, 0.3) is 0 Å². The first-order chi connectivity index (χ1) is 18.2. The zero-order valence-electron chi connectivity index (χ0n) is 22.4. The van der Waals surface area contributed by atoms with Crippen molar-refractivity contribution in [2.45, 2.75) is 51.0 Å². The summed E-state index contributed by atoms with van der Waals surface area (Å²) in [6.07, 6.45) is 1.94. The summed E-state index contributed by atoms with van der Waals surface area (Å²) in [6, 6.07) is 10.3. The lowest BCUT2D eigenvalue weighted by Crippen LogP contribution is -2.48. The number of anilines is 1. The Balaban J connectivity index is 1.43. The second-order valence-corrected chi connectivity index (χ2v) is 13.2. The molecule has 0 saturated carbocycles. The smallest absolute Gasteiger partial charge is 0.247 e. The number of hydrogen-bond donors (Lipinski definition) is 0. The summed E-state index contributed by atoms with van der Waals surface area (Å²) in [4.78, 5) is 23.4. The van der Waals surface area contributed by atoms with Gasteiger partial charge < -0.3 is 4.74 Å². The Kier molecular flexibility index (Phi) is 8.16. The van der Waals surface area contributed by atoms with E-state index in [1.54, 1.807) is 29.2 Å². The number of ether oxygens (including phenoxy) is 1. The molecule has 0 N–H and O–H groups in total. The van der Waals surface area contributed by atoms with Crippen LogP contribution >= 0.6 is 11.3 Å². The minimum atomic E-state index is -3.79. The number of nitrogens with zero attached hydrogens (tertiary/aromatic N) is 4. The van der Waals surface area contributed by atoms with Crippen molar-refractivity contribution in [1.29, 1.82) is 0 Å². The van der Waals surface area contributed by atoms with E-state index in [-0.39, 0.29) is 10.8 Å². The minimum Gasteiger partial charge on any atom is -0.379 e. The van der Waals surface area contributed by atoms with Crippen LogP contribution in [0.25, 0.3) is 10.2 Å². The third-order valence-corrected chi connectivity index (χ3v) is 10.3. The van der Waals surface area contributed by atoms with Gasteiger partial charge in [-0.25, -0.2) is 13.4 Å². The lowest BCUT2D eigenvalue weighted by molar-refractivity contribution is -0.121. The SMILES string of the molecule is Cc1ccc(S(=O)(=O)N2CCCC2C(=O)N(CCCN2CCOCC2)c2nc3c(C)cc(C)cc3s2)cc1. The molecule has 0 radical (unpaired) electrons. The van der Waals surface area contributed by atoms with Crippen molar-refractivity contribution in [3.63, 3.8) is 0 Å². The number of fused-ring (bicyclic) bond motifs is 1. The van der Waals surface area contributed by atoms with Gasteiger partial charge in [-0.3, -0.25) is 14.6 Å². The van der Waals surface area contributed by atoms with E-state index in [4.69, 9.17) is 9.72 Å². The van der Waals surface area contributed by atoms with Crippen molar-refractivity contribution >= 4 is 42.6 Å². The Bertz CT molecular complexity index is 1400. The van der Waals surface area contributed by atoms with E-state index in [2.05, 4.69) is 24.0 Å². The number of amides is 1. The maximum absolute atomic E-state index is 14.2. The molecule has 2 aliphatic rings. The predicted octanol–water partition coefficient (Wildman–Crippen LogP) is 4.13. The van der Waals surface area contributed by atoms with Gasteiger partial charge >= 0.3 is 0 Å². The van der Waals surface area contributed by atoms with E-state index in [0.29, 0.717) is 31.1 Å². The molecule has 1 atom stereocenters. The minimum absolute atomic E-state index is 0.186. The van der Waals surface area contributed by atoms with Gasteiger partial charge in [0, 0.05) is 32.7 Å². The number of benzene rings is 2. The van der Waals surface area contributed by atoms with Crippen molar-refractivity contribution in [2.24, 2.45) is 0 Å². The topological polar surface area (TPSA) is 83.1 Å². The standard InChI is InChI=1S/C28H36N4O4S2/c1-20-7-9-23(10-8-20)38(34,35)32-13-4-6-24(32)27(33)31(12-5-11-30-14-16-36-17-15-30)28-29-26-22(3)18-21(2)19-25(26)37-28/h7-10,18-19,24H,4-6,11-17H2,1-3H3. The molecular weight excluding hydrogens is 520 g/mol. The van der Waals surface area contributed by atoms with Crippen molar-refractivity contribution in [3.8, 4) is 0 Å². The summed E-state index contributed by atoms with van der Waals surface area (Å²) < 4.78 is 35.1. The van der Waals surface area contributed by atoms with E-state index in [9.17, 15) is 13.2 Å². The number of carbonyl (C=O) groups excluding carboxylic acids is 1. The molecule has 204 valence electrons. The molecule has 3 heterocycles. The first-order valence-electron chi connectivity index (χ1n) is 13.3. The lowest BCUT2D eigenvalue weighted by Gasteiger charge is -2.30. The first-order valence-corrected chi connectivity index (χ1v) is 15.6. The first kappa shape index (κ1) is 27.2. The zero-order valence-corrected chi connectivity index (χ0v) is 24.0. The molecule has 10 heteroatoms. The normalized spacial score (nSPS) is 19.3. The number of thiazole rings is 1. The van der Waals surface area contributed by atoms with Crippen LogP contribution in [-0.2, 0) is 19.6 Å². The molecule has 1 unspecified atom stereocenters. The monoisotopic (exact) mass is 556 g/mol. The Labute approximate surface area is 229 Å². The average molecular weight is 557 g/mol. The highest BCUT2D eigenvalue weighted by molar-refractivity contribution is 7.89. The second-order valence-electron chi connectivity index (χ2n) is 10.3. The number of morpholine rings is 1. The molecular formula is C28H36N4O4S2. The quantitative estimate of drug-likeness (QED) is 0.415. The van der Waals surface area contributed by atoms with Crippen LogP contribution in [-0.4, -0.2) is 80.5 Å². The van der Waals surface area contributed by atoms with Crippen molar-refractivity contribution in [3.05, 3.63) is 53.1 Å². The van der Waals surface area contributed by atoms with Crippen molar-refractivity contribution < 1.29 is 17.9 Å². The third kappa shape index (κ3) is 5.65. The molecule has 38 heavy (non-hydrogen) atoms. The highest BCUT2D eigenvalue weighted by atomic mass is 32.2. The average Bonchev–Trinajstić information content (AvgIpc) is 3.55. The van der Waals surface area contributed by atoms with Gasteiger partial charge in [-0.1, -0.05) is 35.1 Å². The van der Waals surface area contributed by atoms with E-state index in [1.165, 1.54) is 15.6 Å². The molecule has 1 amide bonds. The van der Waals surface area contributed by atoms with Crippen LogP contribution < -0.4 is 4.90 Å². The fourth-order valence-electron chi connectivity index (χ4n) is 5.35. The number of rotatable bonds is 8. The van der Waals surface area contributed by atoms with Crippen molar-refractivity contribution in [1.82, 2.24) is 14.2 Å². The Morgan fingerprint density at radius 2 is 1.82 bits per heavy atom. The predicted molar refractivity (Wildman–Crippen MR) is 151 cm³/mol. The van der Waals surface area contributed by atoms with Crippen LogP contribution in [0.5, 0.6) is 0 Å². The summed E-state index contributed by atoms with van der Waals surface area (Å²) in [5, 5.41) is 0.639. The molecule has 2 aliphatic heterocycles. The number of carbonyl (C=O) groups is 1. The second kappa shape index (κ2) is 11.4. The third-order valence-electron chi connectivity index (χ3n) is 7.39. The summed E-state index contributed by atoms with van der Waals surface area (Å²) in [6.45, 7) is 10.9. The maximum atomic E-state index is 14.2. The van der Waals surface area contributed by atoms with Gasteiger partial charge in [0.05, 0.1) is 28.3 Å². The molecule has 0 spiro atoms. The van der Waals surface area contributed by atoms with Gasteiger partial charge in [0.1, 0.15) is 6.04 Å². The van der Waals surface area contributed by atoms with Crippen LogP contribution in [0.1, 0.15) is 36.0 Å². The van der Waals surface area contributed by atoms with Gasteiger partial charge in [-0.05, 0) is 69.4 Å². The molecule has 3 aromatic rings. The van der Waals surface area contributed by atoms with Crippen LogP contribution in [0.2, 0.25) is 0 Å². The van der Waals surface area contributed by atoms with Crippen LogP contribution in [0.4, 0.5) is 5.13 Å². The lowest BCUT2D eigenvalue weighted by atomic mass is 10.1. The Morgan fingerprint density at radius 1 is 1.08 bits per heavy atom. The Hall–Kier alpha value is -2.37. The number of aryl methyl sites for hydroxylation is 3. The summed E-state index contributed by atoms with van der Waals surface area (Å²) in [5.74, 6) is -0.186. The van der Waals surface area contributed by atoms with Crippen molar-refractivity contribution in [2.75, 3.05) is 50.8 Å². The molecule has 1 aromatic heterocycles. The molecule has 2 saturated heterocycles. The van der Waals surface area contributed by atoms with Gasteiger partial charge in [-0.15, -0.1) is 0 Å². The fraction of sp³-hybridized carbons (Fsp3) is 0.500. The maximum Gasteiger partial charge on any atom is 0.247 e. The zero-order chi connectivity index (χ0) is 26.9. The Morgan fingerprint density at radius 3 is 2.55 bits per heavy atom. The van der Waals surface area contributed by atoms with E-state index < -0.39 is 16.1 Å². The van der Waals surface area contributed by atoms with Crippen LogP contribution in [0, 0.1) is 20.8 Å². The largest absolute Gasteiger partial charge is 0.379 e. The van der Waals surface area contributed by atoms with Gasteiger partial charge in [0.15, 0.2) is 5.13 Å². The highest BCUT2D eigenvalue weighted by Crippen LogP contribution is 2.34. The van der Waals surface area contributed by atoms with E-state index >= 15 is 0 Å². The van der Waals surface area contributed by atoms with Gasteiger partial charge in [0.2, 0.25) is 15.9 Å². The van der Waals surface area contributed by atoms with Gasteiger partial charge in [-0.2, -0.15) is 4.31 Å². The van der Waals surface area contributed by atoms with Crippen LogP contribution in [0.15, 0.2) is 41.3 Å². The number of hydrogen-bond acceptors (Lipinski definition) is 7. The molecule has 5 rings (SSSR count). The van der Waals surface area contributed by atoms with Crippen LogP contribution in [0.3, 0.4) is 0 Å². The van der Waals surface area contributed by atoms with E-state index in [1.807, 2.05) is 13.8 Å². The molecule has 0 bridgehead atoms. The number of sulfonamides is 1.